The summed E-state index contributed by atoms with van der Waals surface area (Å²) in [6, 6.07) is 24.6. The second kappa shape index (κ2) is 10.5. The summed E-state index contributed by atoms with van der Waals surface area (Å²) in [6.07, 6.45) is 0.0991. The molecule has 3 rings (SSSR count). The summed E-state index contributed by atoms with van der Waals surface area (Å²) in [5.74, 6) is -0.793. The van der Waals surface area contributed by atoms with Crippen molar-refractivity contribution in [2.75, 3.05) is 6.54 Å². The van der Waals surface area contributed by atoms with Gasteiger partial charge in [0.1, 0.15) is 0 Å². The van der Waals surface area contributed by atoms with Crippen LogP contribution in [-0.2, 0) is 17.9 Å². The summed E-state index contributed by atoms with van der Waals surface area (Å²) in [7, 11) is 0. The Kier molecular flexibility index (Phi) is 7.76. The first-order chi connectivity index (χ1) is 14.0. The molecule has 0 amide bonds. The molecule has 0 aromatic heterocycles. The van der Waals surface area contributed by atoms with Gasteiger partial charge in [-0.05, 0) is 48.4 Å². The Labute approximate surface area is 181 Å². The summed E-state index contributed by atoms with van der Waals surface area (Å²) < 4.78 is 0. The van der Waals surface area contributed by atoms with Gasteiger partial charge in [-0.25, -0.2) is 0 Å². The molecule has 0 spiro atoms. The van der Waals surface area contributed by atoms with Gasteiger partial charge in [-0.2, -0.15) is 0 Å². The zero-order chi connectivity index (χ0) is 20.6. The van der Waals surface area contributed by atoms with Crippen LogP contribution in [0.5, 0.6) is 0 Å². The topological polar surface area (TPSA) is 40.5 Å². The number of carboxylic acids is 1. The van der Waals surface area contributed by atoms with Crippen molar-refractivity contribution < 1.29 is 9.90 Å². The minimum Gasteiger partial charge on any atom is -0.481 e. The maximum atomic E-state index is 11.1. The van der Waals surface area contributed by atoms with Gasteiger partial charge < -0.3 is 5.11 Å². The molecule has 0 unspecified atom stereocenters. The number of hydrogen-bond acceptors (Lipinski definition) is 3. The molecule has 0 saturated carbocycles. The smallest absolute Gasteiger partial charge is 0.304 e. The Balaban J connectivity index is 1.75. The van der Waals surface area contributed by atoms with E-state index in [4.69, 9.17) is 16.7 Å². The second-order valence-electron chi connectivity index (χ2n) is 7.01. The quantitative estimate of drug-likeness (QED) is 0.438. The van der Waals surface area contributed by atoms with Crippen molar-refractivity contribution in [3.8, 4) is 0 Å². The molecule has 29 heavy (non-hydrogen) atoms. The van der Waals surface area contributed by atoms with Crippen LogP contribution in [0.4, 0.5) is 0 Å². The predicted molar refractivity (Wildman–Crippen MR) is 120 cm³/mol. The largest absolute Gasteiger partial charge is 0.481 e. The normalized spacial score (nSPS) is 11.0. The lowest BCUT2D eigenvalue weighted by atomic mass is 10.1. The van der Waals surface area contributed by atoms with Crippen LogP contribution >= 0.6 is 23.4 Å². The van der Waals surface area contributed by atoms with E-state index in [1.807, 2.05) is 37.3 Å². The van der Waals surface area contributed by atoms with Crippen LogP contribution in [-0.4, -0.2) is 22.5 Å². The zero-order valence-corrected chi connectivity index (χ0v) is 17.9. The van der Waals surface area contributed by atoms with Crippen LogP contribution in [0.15, 0.2) is 82.6 Å². The van der Waals surface area contributed by atoms with Crippen LogP contribution in [0.1, 0.15) is 23.1 Å². The van der Waals surface area contributed by atoms with Crippen molar-refractivity contribution in [3.05, 3.63) is 94.5 Å². The Morgan fingerprint density at radius 2 is 1.72 bits per heavy atom. The molecule has 150 valence electrons. The first-order valence-corrected chi connectivity index (χ1v) is 10.7. The first-order valence-electron chi connectivity index (χ1n) is 9.50. The molecule has 0 fully saturated rings. The van der Waals surface area contributed by atoms with Gasteiger partial charge in [-0.1, -0.05) is 71.4 Å². The molecule has 0 bridgehead atoms. The SMILES string of the molecule is Cc1ccc(Cl)c(CN(CCC(=O)O)Cc2cccc(Sc3ccccc3)c2)c1. The first kappa shape index (κ1) is 21.4. The number of aryl methyl sites for hydroxylation is 1. The summed E-state index contributed by atoms with van der Waals surface area (Å²) >= 11 is 8.10. The number of aliphatic carboxylic acids is 1. The lowest BCUT2D eigenvalue weighted by molar-refractivity contribution is -0.137. The highest BCUT2D eigenvalue weighted by Gasteiger charge is 2.12. The number of carbonyl (C=O) groups is 1. The van der Waals surface area contributed by atoms with Gasteiger partial charge in [-0.3, -0.25) is 9.69 Å². The lowest BCUT2D eigenvalue weighted by Crippen LogP contribution is -2.26. The molecule has 0 atom stereocenters. The van der Waals surface area contributed by atoms with E-state index in [0.717, 1.165) is 16.7 Å². The van der Waals surface area contributed by atoms with Gasteiger partial charge in [0, 0.05) is 34.4 Å². The second-order valence-corrected chi connectivity index (χ2v) is 8.57. The molecular weight excluding hydrogens is 402 g/mol. The summed E-state index contributed by atoms with van der Waals surface area (Å²) in [4.78, 5) is 15.6. The predicted octanol–water partition coefficient (Wildman–Crippen LogP) is 6.28. The van der Waals surface area contributed by atoms with E-state index in [2.05, 4.69) is 47.4 Å². The van der Waals surface area contributed by atoms with Crippen molar-refractivity contribution >= 4 is 29.3 Å². The Bertz CT molecular complexity index is 962. The number of rotatable bonds is 9. The van der Waals surface area contributed by atoms with E-state index in [1.165, 1.54) is 9.79 Å². The lowest BCUT2D eigenvalue weighted by Gasteiger charge is -2.23. The fourth-order valence-electron chi connectivity index (χ4n) is 3.12. The highest BCUT2D eigenvalue weighted by Crippen LogP contribution is 2.28. The molecule has 0 aliphatic heterocycles. The highest BCUT2D eigenvalue weighted by molar-refractivity contribution is 7.99. The van der Waals surface area contributed by atoms with E-state index in [-0.39, 0.29) is 6.42 Å². The molecule has 0 aliphatic carbocycles. The van der Waals surface area contributed by atoms with Crippen LogP contribution in [0.25, 0.3) is 0 Å². The third-order valence-electron chi connectivity index (χ3n) is 4.52. The van der Waals surface area contributed by atoms with Crippen molar-refractivity contribution in [1.29, 1.82) is 0 Å². The number of nitrogens with zero attached hydrogens (tertiary/aromatic N) is 1. The number of hydrogen-bond donors (Lipinski definition) is 1. The van der Waals surface area contributed by atoms with Crippen LogP contribution in [0.3, 0.4) is 0 Å². The monoisotopic (exact) mass is 425 g/mol. The van der Waals surface area contributed by atoms with E-state index < -0.39 is 5.97 Å². The van der Waals surface area contributed by atoms with Crippen molar-refractivity contribution in [3.63, 3.8) is 0 Å². The molecule has 3 aromatic rings. The molecule has 3 nitrogen and oxygen atoms in total. The zero-order valence-electron chi connectivity index (χ0n) is 16.3. The van der Waals surface area contributed by atoms with Crippen LogP contribution in [0, 0.1) is 6.92 Å². The van der Waals surface area contributed by atoms with E-state index in [1.54, 1.807) is 11.8 Å². The van der Waals surface area contributed by atoms with Crippen LogP contribution < -0.4 is 0 Å². The van der Waals surface area contributed by atoms with Gasteiger partial charge in [0.25, 0.3) is 0 Å². The van der Waals surface area contributed by atoms with E-state index in [0.29, 0.717) is 24.7 Å². The van der Waals surface area contributed by atoms with Crippen molar-refractivity contribution in [2.45, 2.75) is 36.2 Å². The Morgan fingerprint density at radius 1 is 0.966 bits per heavy atom. The fraction of sp³-hybridized carbons (Fsp3) is 0.208. The van der Waals surface area contributed by atoms with E-state index in [9.17, 15) is 4.79 Å². The molecule has 3 aromatic carbocycles. The maximum absolute atomic E-state index is 11.1. The average Bonchev–Trinajstić information content (AvgIpc) is 2.70. The Hall–Kier alpha value is -2.27. The summed E-state index contributed by atoms with van der Waals surface area (Å²) in [5.41, 5.74) is 3.32. The molecule has 0 heterocycles. The number of benzene rings is 3. The molecule has 5 heteroatoms. The minimum absolute atomic E-state index is 0.0991. The van der Waals surface area contributed by atoms with Crippen LogP contribution in [0.2, 0.25) is 5.02 Å². The molecule has 1 N–H and O–H groups in total. The summed E-state index contributed by atoms with van der Waals surface area (Å²) in [6.45, 7) is 3.78. The van der Waals surface area contributed by atoms with Gasteiger partial charge in [0.05, 0.1) is 6.42 Å². The molecule has 0 radical (unpaired) electrons. The fourth-order valence-corrected chi connectivity index (χ4v) is 4.22. The third-order valence-corrected chi connectivity index (χ3v) is 5.89. The number of carboxylic acid groups (broad SMARTS) is 1. The van der Waals surface area contributed by atoms with Crippen molar-refractivity contribution in [2.24, 2.45) is 0 Å². The average molecular weight is 426 g/mol. The minimum atomic E-state index is -0.793. The van der Waals surface area contributed by atoms with Gasteiger partial charge >= 0.3 is 5.97 Å². The highest BCUT2D eigenvalue weighted by atomic mass is 35.5. The molecular formula is C24H24ClNO2S. The summed E-state index contributed by atoms with van der Waals surface area (Å²) in [5, 5.41) is 9.86. The van der Waals surface area contributed by atoms with Gasteiger partial charge in [0.2, 0.25) is 0 Å². The number of halogens is 1. The van der Waals surface area contributed by atoms with Gasteiger partial charge in [-0.15, -0.1) is 0 Å². The molecule has 0 aliphatic rings. The van der Waals surface area contributed by atoms with E-state index >= 15 is 0 Å². The maximum Gasteiger partial charge on any atom is 0.304 e. The van der Waals surface area contributed by atoms with Gasteiger partial charge in [0.15, 0.2) is 0 Å². The molecule has 0 saturated heterocycles. The Morgan fingerprint density at radius 3 is 2.48 bits per heavy atom. The third kappa shape index (κ3) is 6.93. The standard InChI is InChI=1S/C24H24ClNO2S/c1-18-10-11-23(25)20(14-18)17-26(13-12-24(27)28)16-19-6-5-9-22(15-19)29-21-7-3-2-4-8-21/h2-11,14-15H,12-13,16-17H2,1H3,(H,27,28). The van der Waals surface area contributed by atoms with Crippen molar-refractivity contribution in [1.82, 2.24) is 4.90 Å².